The van der Waals surface area contributed by atoms with E-state index in [-0.39, 0.29) is 30.4 Å². The van der Waals surface area contributed by atoms with Crippen LogP contribution in [0.1, 0.15) is 55.6 Å². The van der Waals surface area contributed by atoms with Crippen LogP contribution in [-0.4, -0.2) is 34.6 Å². The molecule has 3 aliphatic rings. The van der Waals surface area contributed by atoms with Crippen molar-refractivity contribution in [2.24, 2.45) is 5.92 Å². The Bertz CT molecular complexity index is 727. The van der Waals surface area contributed by atoms with Crippen molar-refractivity contribution >= 4 is 11.5 Å². The van der Waals surface area contributed by atoms with Crippen molar-refractivity contribution in [3.63, 3.8) is 0 Å². The third-order valence-corrected chi connectivity index (χ3v) is 6.15. The van der Waals surface area contributed by atoms with Crippen LogP contribution in [0.5, 0.6) is 0 Å². The minimum Gasteiger partial charge on any atom is -0.394 e. The summed E-state index contributed by atoms with van der Waals surface area (Å²) in [6, 6.07) is 9.94. The molecule has 2 fully saturated rings. The predicted molar refractivity (Wildman–Crippen MR) is 95.5 cm³/mol. The van der Waals surface area contributed by atoms with Crippen molar-refractivity contribution in [3.05, 3.63) is 41.5 Å². The third kappa shape index (κ3) is 2.67. The quantitative estimate of drug-likeness (QED) is 0.918. The molecule has 1 saturated carbocycles. The first kappa shape index (κ1) is 16.4. The fraction of sp³-hybridized carbons (Fsp3) is 0.524. The summed E-state index contributed by atoms with van der Waals surface area (Å²) in [5.74, 6) is 0.0222. The summed E-state index contributed by atoms with van der Waals surface area (Å²) in [6.07, 6.45) is 8.73. The molecule has 1 aromatic rings. The van der Waals surface area contributed by atoms with Crippen LogP contribution in [0.25, 0.3) is 5.57 Å². The standard InChI is InChI=1S/C21H24N2O2/c22-12-18-20(19(13-24)23(18)21(25)17-6-3-7-17)16-10-8-15(9-11-16)14-4-1-2-5-14/h4,8-11,17-20,24H,1-3,5-7,13H2/t18-,19-,20-/m1/s1. The molecule has 0 bridgehead atoms. The molecular formula is C21H24N2O2. The van der Waals surface area contributed by atoms with Gasteiger partial charge in [-0.15, -0.1) is 0 Å². The lowest BCUT2D eigenvalue weighted by atomic mass is 9.73. The summed E-state index contributed by atoms with van der Waals surface area (Å²) >= 11 is 0. The lowest BCUT2D eigenvalue weighted by molar-refractivity contribution is -0.154. The second-order valence-electron chi connectivity index (χ2n) is 7.47. The van der Waals surface area contributed by atoms with E-state index in [1.54, 1.807) is 4.90 Å². The molecule has 0 radical (unpaired) electrons. The van der Waals surface area contributed by atoms with E-state index in [4.69, 9.17) is 0 Å². The van der Waals surface area contributed by atoms with E-state index in [9.17, 15) is 15.2 Å². The molecular weight excluding hydrogens is 312 g/mol. The Kier molecular flexibility index (Phi) is 4.35. The number of nitriles is 1. The number of nitrogens with zero attached hydrogens (tertiary/aromatic N) is 2. The van der Waals surface area contributed by atoms with Crippen LogP contribution in [-0.2, 0) is 4.79 Å². The van der Waals surface area contributed by atoms with Gasteiger partial charge in [-0.25, -0.2) is 0 Å². The van der Waals surface area contributed by atoms with E-state index in [0.717, 1.165) is 37.7 Å². The summed E-state index contributed by atoms with van der Waals surface area (Å²) in [4.78, 5) is 14.2. The maximum atomic E-state index is 12.6. The Morgan fingerprint density at radius 2 is 2.00 bits per heavy atom. The fourth-order valence-electron chi connectivity index (χ4n) is 4.43. The van der Waals surface area contributed by atoms with Crippen molar-refractivity contribution in [3.8, 4) is 6.07 Å². The number of hydrogen-bond acceptors (Lipinski definition) is 3. The molecule has 4 rings (SSSR count). The number of carbonyl (C=O) groups excluding carboxylic acids is 1. The maximum Gasteiger partial charge on any atom is 0.227 e. The molecule has 1 aliphatic heterocycles. The predicted octanol–water partition coefficient (Wildman–Crippen LogP) is 3.23. The molecule has 0 spiro atoms. The number of likely N-dealkylation sites (tertiary alicyclic amines) is 1. The van der Waals surface area contributed by atoms with Crippen LogP contribution in [0.3, 0.4) is 0 Å². The Balaban J connectivity index is 1.54. The molecule has 4 heteroatoms. The van der Waals surface area contributed by atoms with E-state index in [1.807, 2.05) is 0 Å². The van der Waals surface area contributed by atoms with Gasteiger partial charge in [-0.2, -0.15) is 5.26 Å². The summed E-state index contributed by atoms with van der Waals surface area (Å²) in [7, 11) is 0. The highest BCUT2D eigenvalue weighted by Crippen LogP contribution is 2.43. The number of amides is 1. The number of rotatable bonds is 4. The molecule has 130 valence electrons. The molecule has 1 saturated heterocycles. The number of aliphatic hydroxyl groups excluding tert-OH is 1. The molecule has 1 aromatic carbocycles. The maximum absolute atomic E-state index is 12.6. The van der Waals surface area contributed by atoms with Gasteiger partial charge in [-0.1, -0.05) is 36.8 Å². The van der Waals surface area contributed by atoms with Crippen molar-refractivity contribution in [1.82, 2.24) is 4.90 Å². The smallest absolute Gasteiger partial charge is 0.227 e. The summed E-state index contributed by atoms with van der Waals surface area (Å²) < 4.78 is 0. The zero-order valence-corrected chi connectivity index (χ0v) is 14.4. The second kappa shape index (κ2) is 6.65. The lowest BCUT2D eigenvalue weighted by Crippen LogP contribution is -2.66. The van der Waals surface area contributed by atoms with Crippen molar-refractivity contribution in [2.75, 3.05) is 6.61 Å². The van der Waals surface area contributed by atoms with Crippen LogP contribution >= 0.6 is 0 Å². The average molecular weight is 336 g/mol. The highest BCUT2D eigenvalue weighted by molar-refractivity contribution is 5.82. The van der Waals surface area contributed by atoms with Gasteiger partial charge in [0.2, 0.25) is 5.91 Å². The summed E-state index contributed by atoms with van der Waals surface area (Å²) in [5.41, 5.74) is 3.69. The molecule has 0 unspecified atom stereocenters. The van der Waals surface area contributed by atoms with Gasteiger partial charge in [-0.05, 0) is 48.8 Å². The van der Waals surface area contributed by atoms with E-state index >= 15 is 0 Å². The van der Waals surface area contributed by atoms with Gasteiger partial charge in [-0.3, -0.25) is 4.79 Å². The Morgan fingerprint density at radius 3 is 2.52 bits per heavy atom. The van der Waals surface area contributed by atoms with Crippen LogP contribution in [0.2, 0.25) is 0 Å². The molecule has 1 amide bonds. The van der Waals surface area contributed by atoms with E-state index < -0.39 is 6.04 Å². The van der Waals surface area contributed by atoms with Gasteiger partial charge in [0, 0.05) is 11.8 Å². The minimum absolute atomic E-state index is 0.0563. The van der Waals surface area contributed by atoms with Gasteiger partial charge < -0.3 is 10.0 Å². The van der Waals surface area contributed by atoms with Gasteiger partial charge in [0.1, 0.15) is 6.04 Å². The first-order valence-electron chi connectivity index (χ1n) is 9.36. The molecule has 1 N–H and O–H groups in total. The molecule has 2 aliphatic carbocycles. The highest BCUT2D eigenvalue weighted by Gasteiger charge is 2.53. The van der Waals surface area contributed by atoms with Crippen LogP contribution in [0, 0.1) is 17.2 Å². The topological polar surface area (TPSA) is 64.3 Å². The Morgan fingerprint density at radius 1 is 1.24 bits per heavy atom. The zero-order chi connectivity index (χ0) is 17.4. The first-order valence-corrected chi connectivity index (χ1v) is 9.36. The molecule has 0 aromatic heterocycles. The normalized spacial score (nSPS) is 28.7. The minimum atomic E-state index is -0.457. The van der Waals surface area contributed by atoms with Crippen molar-refractivity contribution in [1.29, 1.82) is 5.26 Å². The zero-order valence-electron chi connectivity index (χ0n) is 14.4. The Labute approximate surface area is 148 Å². The largest absolute Gasteiger partial charge is 0.394 e. The van der Waals surface area contributed by atoms with Gasteiger partial charge in [0.25, 0.3) is 0 Å². The van der Waals surface area contributed by atoms with Gasteiger partial charge >= 0.3 is 0 Å². The van der Waals surface area contributed by atoms with E-state index in [0.29, 0.717) is 0 Å². The SMILES string of the molecule is N#C[C@@H]1[C@@H](c2ccc(C3=CCCC3)cc2)[C@@H](CO)N1C(=O)C1CCC1. The number of aliphatic hydroxyl groups is 1. The number of allylic oxidation sites excluding steroid dienone is 2. The fourth-order valence-corrected chi connectivity index (χ4v) is 4.43. The monoisotopic (exact) mass is 336 g/mol. The average Bonchev–Trinajstić information content (AvgIpc) is 3.08. The number of carbonyl (C=O) groups is 1. The summed E-state index contributed by atoms with van der Waals surface area (Å²) in [5, 5.41) is 19.5. The first-order chi connectivity index (χ1) is 12.2. The van der Waals surface area contributed by atoms with Crippen LogP contribution in [0.15, 0.2) is 30.3 Å². The molecule has 3 atom stereocenters. The number of hydrogen-bond donors (Lipinski definition) is 1. The highest BCUT2D eigenvalue weighted by atomic mass is 16.3. The van der Waals surface area contributed by atoms with E-state index in [1.165, 1.54) is 17.6 Å². The van der Waals surface area contributed by atoms with Gasteiger partial charge in [0.05, 0.1) is 18.7 Å². The number of benzene rings is 1. The molecule has 25 heavy (non-hydrogen) atoms. The van der Waals surface area contributed by atoms with Gasteiger partial charge in [0.15, 0.2) is 0 Å². The molecule has 1 heterocycles. The lowest BCUT2D eigenvalue weighted by Gasteiger charge is -2.53. The third-order valence-electron chi connectivity index (χ3n) is 6.15. The Hall–Kier alpha value is -2.12. The van der Waals surface area contributed by atoms with Crippen molar-refractivity contribution < 1.29 is 9.90 Å². The van der Waals surface area contributed by atoms with E-state index in [2.05, 4.69) is 36.4 Å². The summed E-state index contributed by atoms with van der Waals surface area (Å²) in [6.45, 7) is -0.0891. The van der Waals surface area contributed by atoms with Crippen molar-refractivity contribution in [2.45, 2.75) is 56.5 Å². The second-order valence-corrected chi connectivity index (χ2v) is 7.47. The van der Waals surface area contributed by atoms with Crippen LogP contribution in [0.4, 0.5) is 0 Å². The van der Waals surface area contributed by atoms with Crippen LogP contribution < -0.4 is 0 Å². The molecule has 4 nitrogen and oxygen atoms in total.